The number of aromatic nitrogens is 2. The lowest BCUT2D eigenvalue weighted by atomic mass is 10.2. The molecule has 7 nitrogen and oxygen atoms in total. The van der Waals surface area contributed by atoms with E-state index >= 15 is 0 Å². The summed E-state index contributed by atoms with van der Waals surface area (Å²) in [5.41, 5.74) is 1.75. The van der Waals surface area contributed by atoms with Gasteiger partial charge in [-0.05, 0) is 67.8 Å². The molecule has 35 heavy (non-hydrogen) atoms. The van der Waals surface area contributed by atoms with Crippen LogP contribution >= 0.6 is 0 Å². The third-order valence-electron chi connectivity index (χ3n) is 5.73. The van der Waals surface area contributed by atoms with Crippen LogP contribution in [0.1, 0.15) is 23.7 Å². The van der Waals surface area contributed by atoms with E-state index in [9.17, 15) is 22.4 Å². The lowest BCUT2D eigenvalue weighted by Gasteiger charge is -2.14. The van der Waals surface area contributed by atoms with Gasteiger partial charge in [0.2, 0.25) is 21.2 Å². The summed E-state index contributed by atoms with van der Waals surface area (Å²) in [7, 11) is -4.17. The second kappa shape index (κ2) is 9.42. The van der Waals surface area contributed by atoms with Gasteiger partial charge in [-0.1, -0.05) is 25.1 Å². The van der Waals surface area contributed by atoms with E-state index in [0.29, 0.717) is 11.3 Å². The molecule has 0 saturated carbocycles. The Morgan fingerprint density at radius 3 is 2.43 bits per heavy atom. The monoisotopic (exact) mass is 493 g/mol. The zero-order valence-electron chi connectivity index (χ0n) is 19.5. The molecule has 0 spiro atoms. The normalized spacial score (nSPS) is 11.5. The number of anilines is 1. The van der Waals surface area contributed by atoms with E-state index in [4.69, 9.17) is 0 Å². The molecular formula is C26H24FN3O4S. The summed E-state index contributed by atoms with van der Waals surface area (Å²) in [6.07, 6.45) is 1.89. The molecule has 0 unspecified atom stereocenters. The number of rotatable bonds is 6. The molecule has 1 amide bonds. The molecule has 2 aromatic heterocycles. The van der Waals surface area contributed by atoms with E-state index in [1.54, 1.807) is 44.2 Å². The number of pyridine rings is 2. The van der Waals surface area contributed by atoms with Crippen LogP contribution in [0.25, 0.3) is 11.0 Å². The van der Waals surface area contributed by atoms with Crippen molar-refractivity contribution in [3.8, 4) is 0 Å². The average Bonchev–Trinajstić information content (AvgIpc) is 2.83. The highest BCUT2D eigenvalue weighted by Crippen LogP contribution is 2.22. The molecule has 2 aromatic carbocycles. The smallest absolute Gasteiger partial charge is 0.244 e. The molecule has 4 rings (SSSR count). The van der Waals surface area contributed by atoms with Gasteiger partial charge in [-0.3, -0.25) is 9.59 Å². The van der Waals surface area contributed by atoms with E-state index in [1.165, 1.54) is 28.8 Å². The van der Waals surface area contributed by atoms with E-state index in [0.717, 1.165) is 18.2 Å². The van der Waals surface area contributed by atoms with Gasteiger partial charge in [0.15, 0.2) is 0 Å². The van der Waals surface area contributed by atoms with Crippen LogP contribution in [0.2, 0.25) is 0 Å². The fraction of sp³-hybridized carbons (Fsp3) is 0.192. The lowest BCUT2D eigenvalue weighted by Crippen LogP contribution is -2.24. The summed E-state index contributed by atoms with van der Waals surface area (Å²) < 4.78 is 42.0. The number of halogens is 1. The highest BCUT2D eigenvalue weighted by molar-refractivity contribution is 7.91. The molecule has 9 heteroatoms. The molecule has 0 atom stereocenters. The lowest BCUT2D eigenvalue weighted by molar-refractivity contribution is -0.116. The number of nitrogens with one attached hydrogen (secondary N) is 1. The Morgan fingerprint density at radius 1 is 1.06 bits per heavy atom. The number of hydrogen-bond donors (Lipinski definition) is 1. The third-order valence-corrected chi connectivity index (χ3v) is 7.49. The highest BCUT2D eigenvalue weighted by Gasteiger charge is 2.25. The molecule has 0 bridgehead atoms. The van der Waals surface area contributed by atoms with Crippen molar-refractivity contribution < 1.29 is 17.6 Å². The summed E-state index contributed by atoms with van der Waals surface area (Å²) in [5.74, 6) is -0.992. The molecule has 0 aliphatic rings. The molecule has 4 aromatic rings. The first-order valence-electron chi connectivity index (χ1n) is 11.0. The topological polar surface area (TPSA) is 98.1 Å². The summed E-state index contributed by atoms with van der Waals surface area (Å²) in [6, 6.07) is 13.8. The Balaban J connectivity index is 1.79. The Morgan fingerprint density at radius 2 is 1.77 bits per heavy atom. The van der Waals surface area contributed by atoms with Gasteiger partial charge < -0.3 is 9.88 Å². The second-order valence-electron chi connectivity index (χ2n) is 8.29. The first-order chi connectivity index (χ1) is 16.6. The Labute approximate surface area is 202 Å². The molecule has 0 aliphatic carbocycles. The van der Waals surface area contributed by atoms with Crippen LogP contribution < -0.4 is 10.7 Å². The number of sulfone groups is 1. The van der Waals surface area contributed by atoms with Crippen LogP contribution in [0.4, 0.5) is 10.1 Å². The number of aryl methyl sites for hydroxylation is 3. The molecule has 1 N–H and O–H groups in total. The van der Waals surface area contributed by atoms with E-state index in [2.05, 4.69) is 10.3 Å². The van der Waals surface area contributed by atoms with Crippen molar-refractivity contribution in [3.05, 3.63) is 93.7 Å². The van der Waals surface area contributed by atoms with Crippen molar-refractivity contribution in [2.75, 3.05) is 5.32 Å². The van der Waals surface area contributed by atoms with E-state index in [1.807, 2.05) is 6.92 Å². The maximum Gasteiger partial charge on any atom is 0.244 e. The molecule has 0 radical (unpaired) electrons. The number of nitrogens with zero attached hydrogens (tertiary/aromatic N) is 2. The zero-order valence-corrected chi connectivity index (χ0v) is 20.3. The Hall–Kier alpha value is -3.85. The maximum absolute atomic E-state index is 13.9. The van der Waals surface area contributed by atoms with Gasteiger partial charge in [-0.25, -0.2) is 17.8 Å². The summed E-state index contributed by atoms with van der Waals surface area (Å²) in [4.78, 5) is 29.9. The van der Waals surface area contributed by atoms with Gasteiger partial charge in [0, 0.05) is 17.6 Å². The highest BCUT2D eigenvalue weighted by atomic mass is 32.2. The minimum absolute atomic E-state index is 0.0163. The number of carbonyl (C=O) groups is 1. The summed E-state index contributed by atoms with van der Waals surface area (Å²) in [5, 5.41) is 2.68. The number of hydrogen-bond acceptors (Lipinski definition) is 5. The third kappa shape index (κ3) is 4.85. The Kier molecular flexibility index (Phi) is 6.53. The van der Waals surface area contributed by atoms with Crippen molar-refractivity contribution in [2.45, 2.75) is 43.5 Å². The average molecular weight is 494 g/mol. The summed E-state index contributed by atoms with van der Waals surface area (Å²) >= 11 is 0. The van der Waals surface area contributed by atoms with Crippen LogP contribution in [0.3, 0.4) is 0 Å². The molecular weight excluding hydrogens is 469 g/mol. The first-order valence-corrected chi connectivity index (χ1v) is 12.5. The van der Waals surface area contributed by atoms with E-state index in [-0.39, 0.29) is 28.2 Å². The minimum Gasteiger partial charge on any atom is -0.324 e. The van der Waals surface area contributed by atoms with Crippen LogP contribution in [-0.2, 0) is 27.6 Å². The Bertz CT molecular complexity index is 1610. The van der Waals surface area contributed by atoms with Crippen molar-refractivity contribution >= 4 is 32.5 Å². The predicted molar refractivity (Wildman–Crippen MR) is 132 cm³/mol. The minimum atomic E-state index is -4.17. The standard InChI is InChI=1S/C26H24FN3O4S/c1-4-18-7-10-20(11-8-18)35(33,34)23-14-30(26-21(25(23)32)12-6-17(3)28-26)15-24(31)29-19-9-5-16(2)22(27)13-19/h5-14H,4,15H2,1-3H3,(H,29,31). The number of carbonyl (C=O) groups excluding carboxylic acids is 1. The summed E-state index contributed by atoms with van der Waals surface area (Å²) in [6.45, 7) is 4.96. The maximum atomic E-state index is 13.9. The second-order valence-corrected chi connectivity index (χ2v) is 10.2. The molecule has 0 fully saturated rings. The van der Waals surface area contributed by atoms with Crippen molar-refractivity contribution in [2.24, 2.45) is 0 Å². The SMILES string of the molecule is CCc1ccc(S(=O)(=O)c2cn(CC(=O)Nc3ccc(C)c(F)c3)c3nc(C)ccc3c2=O)cc1. The fourth-order valence-corrected chi connectivity index (χ4v) is 5.07. The van der Waals surface area contributed by atoms with Crippen LogP contribution in [-0.4, -0.2) is 23.9 Å². The molecule has 180 valence electrons. The van der Waals surface area contributed by atoms with Crippen molar-refractivity contribution in [1.29, 1.82) is 0 Å². The van der Waals surface area contributed by atoms with Gasteiger partial charge in [-0.2, -0.15) is 0 Å². The zero-order chi connectivity index (χ0) is 25.3. The van der Waals surface area contributed by atoms with Crippen LogP contribution in [0.5, 0.6) is 0 Å². The van der Waals surface area contributed by atoms with Gasteiger partial charge >= 0.3 is 0 Å². The molecule has 2 heterocycles. The van der Waals surface area contributed by atoms with Gasteiger partial charge in [0.25, 0.3) is 0 Å². The van der Waals surface area contributed by atoms with Gasteiger partial charge in [0.05, 0.1) is 10.3 Å². The number of fused-ring (bicyclic) bond motifs is 1. The van der Waals surface area contributed by atoms with Crippen LogP contribution in [0.15, 0.2) is 75.4 Å². The van der Waals surface area contributed by atoms with E-state index < -0.39 is 31.9 Å². The van der Waals surface area contributed by atoms with Gasteiger partial charge in [0.1, 0.15) is 22.9 Å². The largest absolute Gasteiger partial charge is 0.324 e. The fourth-order valence-electron chi connectivity index (χ4n) is 3.70. The van der Waals surface area contributed by atoms with Crippen molar-refractivity contribution in [1.82, 2.24) is 9.55 Å². The number of amides is 1. The predicted octanol–water partition coefficient (Wildman–Crippen LogP) is 4.19. The van der Waals surface area contributed by atoms with Gasteiger partial charge in [-0.15, -0.1) is 0 Å². The quantitative estimate of drug-likeness (QED) is 0.434. The van der Waals surface area contributed by atoms with Crippen LogP contribution in [0, 0.1) is 19.7 Å². The number of benzene rings is 2. The first kappa shape index (κ1) is 24.3. The van der Waals surface area contributed by atoms with Crippen molar-refractivity contribution in [3.63, 3.8) is 0 Å². The molecule has 0 aliphatic heterocycles. The molecule has 0 saturated heterocycles.